The van der Waals surface area contributed by atoms with Crippen molar-refractivity contribution in [2.24, 2.45) is 0 Å². The molecule has 0 aromatic heterocycles. The molecule has 18 heavy (non-hydrogen) atoms. The van der Waals surface area contributed by atoms with Crippen LogP contribution in [-0.4, -0.2) is 19.8 Å². The molecule has 0 aliphatic carbocycles. The first-order valence-electron chi connectivity index (χ1n) is 5.51. The molecule has 1 aromatic rings. The Morgan fingerprint density at radius 3 is 2.56 bits per heavy atom. The number of methoxy groups -OCH3 is 1. The summed E-state index contributed by atoms with van der Waals surface area (Å²) >= 11 is 3.26. The SMILES string of the molecule is CCNC(CC(F)(F)F)c1cc(Br)ccc1OC. The van der Waals surface area contributed by atoms with Crippen LogP contribution in [0.15, 0.2) is 22.7 Å². The van der Waals surface area contributed by atoms with Gasteiger partial charge in [0.25, 0.3) is 0 Å². The van der Waals surface area contributed by atoms with Crippen molar-refractivity contribution in [3.63, 3.8) is 0 Å². The van der Waals surface area contributed by atoms with Gasteiger partial charge in [0.05, 0.1) is 13.5 Å². The highest BCUT2D eigenvalue weighted by Gasteiger charge is 2.33. The molecule has 0 amide bonds. The van der Waals surface area contributed by atoms with Gasteiger partial charge >= 0.3 is 6.18 Å². The van der Waals surface area contributed by atoms with E-state index in [1.807, 2.05) is 0 Å². The molecule has 0 bridgehead atoms. The molecule has 1 rings (SSSR count). The quantitative estimate of drug-likeness (QED) is 0.881. The van der Waals surface area contributed by atoms with Gasteiger partial charge in [-0.3, -0.25) is 0 Å². The molecule has 0 saturated heterocycles. The number of hydrogen-bond acceptors (Lipinski definition) is 2. The first-order valence-corrected chi connectivity index (χ1v) is 6.30. The normalized spacial score (nSPS) is 13.4. The van der Waals surface area contributed by atoms with E-state index in [1.54, 1.807) is 25.1 Å². The summed E-state index contributed by atoms with van der Waals surface area (Å²) in [6, 6.07) is 4.24. The van der Waals surface area contributed by atoms with E-state index in [2.05, 4.69) is 21.2 Å². The van der Waals surface area contributed by atoms with Crippen LogP contribution in [0.3, 0.4) is 0 Å². The maximum Gasteiger partial charge on any atom is 0.390 e. The fraction of sp³-hybridized carbons (Fsp3) is 0.500. The summed E-state index contributed by atoms with van der Waals surface area (Å²) in [7, 11) is 1.45. The predicted molar refractivity (Wildman–Crippen MR) is 67.8 cm³/mol. The van der Waals surface area contributed by atoms with Gasteiger partial charge in [-0.15, -0.1) is 0 Å². The van der Waals surface area contributed by atoms with Crippen molar-refractivity contribution in [1.82, 2.24) is 5.32 Å². The molecule has 0 saturated carbocycles. The van der Waals surface area contributed by atoms with E-state index >= 15 is 0 Å². The molecular formula is C12H15BrF3NO. The third-order valence-corrected chi connectivity index (χ3v) is 2.95. The first-order chi connectivity index (χ1) is 8.37. The Kier molecular flexibility index (Phi) is 5.47. The Balaban J connectivity index is 3.07. The predicted octanol–water partition coefficient (Wildman–Crippen LogP) is 4.06. The lowest BCUT2D eigenvalue weighted by Crippen LogP contribution is -2.27. The molecule has 1 aromatic carbocycles. The minimum Gasteiger partial charge on any atom is -0.496 e. The van der Waals surface area contributed by atoms with E-state index in [4.69, 9.17) is 4.74 Å². The minimum atomic E-state index is -4.22. The number of alkyl halides is 3. The summed E-state index contributed by atoms with van der Waals surface area (Å²) in [6.45, 7) is 2.23. The molecule has 1 unspecified atom stereocenters. The topological polar surface area (TPSA) is 21.3 Å². The summed E-state index contributed by atoms with van der Waals surface area (Å²) in [6.07, 6.45) is -5.15. The van der Waals surface area contributed by atoms with Crippen molar-refractivity contribution in [2.45, 2.75) is 25.6 Å². The van der Waals surface area contributed by atoms with Crippen LogP contribution in [0.4, 0.5) is 13.2 Å². The van der Waals surface area contributed by atoms with Gasteiger partial charge in [0.15, 0.2) is 0 Å². The number of halogens is 4. The molecule has 0 spiro atoms. The van der Waals surface area contributed by atoms with Crippen LogP contribution < -0.4 is 10.1 Å². The van der Waals surface area contributed by atoms with Crippen molar-refractivity contribution in [3.05, 3.63) is 28.2 Å². The molecule has 0 heterocycles. The number of hydrogen-bond donors (Lipinski definition) is 1. The van der Waals surface area contributed by atoms with E-state index < -0.39 is 18.6 Å². The lowest BCUT2D eigenvalue weighted by molar-refractivity contribution is -0.140. The second kappa shape index (κ2) is 6.43. The van der Waals surface area contributed by atoms with Gasteiger partial charge in [-0.25, -0.2) is 0 Å². The first kappa shape index (κ1) is 15.3. The van der Waals surface area contributed by atoms with E-state index in [1.165, 1.54) is 7.11 Å². The maximum atomic E-state index is 12.6. The van der Waals surface area contributed by atoms with Gasteiger partial charge in [-0.1, -0.05) is 22.9 Å². The van der Waals surface area contributed by atoms with Gasteiger partial charge < -0.3 is 10.1 Å². The Hall–Kier alpha value is -0.750. The molecule has 0 aliphatic rings. The molecule has 0 fully saturated rings. The average molecular weight is 326 g/mol. The van der Waals surface area contributed by atoms with Crippen LogP contribution in [-0.2, 0) is 0 Å². The monoisotopic (exact) mass is 325 g/mol. The number of benzene rings is 1. The second-order valence-corrected chi connectivity index (χ2v) is 4.73. The zero-order valence-electron chi connectivity index (χ0n) is 10.1. The van der Waals surface area contributed by atoms with Crippen LogP contribution in [0.25, 0.3) is 0 Å². The van der Waals surface area contributed by atoms with E-state index in [0.29, 0.717) is 17.9 Å². The lowest BCUT2D eigenvalue weighted by atomic mass is 10.0. The highest BCUT2D eigenvalue weighted by Crippen LogP contribution is 2.35. The lowest BCUT2D eigenvalue weighted by Gasteiger charge is -2.22. The molecule has 102 valence electrons. The van der Waals surface area contributed by atoms with Crippen LogP contribution in [0.5, 0.6) is 5.75 Å². The van der Waals surface area contributed by atoms with Crippen molar-refractivity contribution >= 4 is 15.9 Å². The van der Waals surface area contributed by atoms with Crippen LogP contribution in [0, 0.1) is 0 Å². The van der Waals surface area contributed by atoms with Crippen LogP contribution in [0.1, 0.15) is 24.9 Å². The van der Waals surface area contributed by atoms with Gasteiger partial charge in [0, 0.05) is 16.1 Å². The summed E-state index contributed by atoms with van der Waals surface area (Å²) in [5.74, 6) is 0.452. The average Bonchev–Trinajstić information content (AvgIpc) is 2.26. The molecule has 1 atom stereocenters. The second-order valence-electron chi connectivity index (χ2n) is 3.82. The van der Waals surface area contributed by atoms with Gasteiger partial charge in [0.1, 0.15) is 5.75 Å². The summed E-state index contributed by atoms with van der Waals surface area (Å²) < 4.78 is 43.5. The van der Waals surface area contributed by atoms with Crippen molar-refractivity contribution in [1.29, 1.82) is 0 Å². The van der Waals surface area contributed by atoms with Gasteiger partial charge in [-0.05, 0) is 24.7 Å². The maximum absolute atomic E-state index is 12.6. The number of rotatable bonds is 5. The summed E-state index contributed by atoms with van der Waals surface area (Å²) in [4.78, 5) is 0. The summed E-state index contributed by atoms with van der Waals surface area (Å²) in [5, 5.41) is 2.84. The van der Waals surface area contributed by atoms with Crippen molar-refractivity contribution in [3.8, 4) is 5.75 Å². The molecular weight excluding hydrogens is 311 g/mol. The third kappa shape index (κ3) is 4.49. The molecule has 0 aliphatic heterocycles. The fourth-order valence-corrected chi connectivity index (χ4v) is 2.13. The zero-order valence-corrected chi connectivity index (χ0v) is 11.7. The van der Waals surface area contributed by atoms with Crippen LogP contribution >= 0.6 is 15.9 Å². The van der Waals surface area contributed by atoms with Crippen LogP contribution in [0.2, 0.25) is 0 Å². The largest absolute Gasteiger partial charge is 0.496 e. The van der Waals surface area contributed by atoms with Crippen molar-refractivity contribution in [2.75, 3.05) is 13.7 Å². The highest BCUT2D eigenvalue weighted by molar-refractivity contribution is 9.10. The number of ether oxygens (including phenoxy) is 1. The molecule has 6 heteroatoms. The van der Waals surface area contributed by atoms with E-state index in [-0.39, 0.29) is 0 Å². The minimum absolute atomic E-state index is 0.452. The van der Waals surface area contributed by atoms with Gasteiger partial charge in [-0.2, -0.15) is 13.2 Å². The smallest absolute Gasteiger partial charge is 0.390 e. The molecule has 0 radical (unpaired) electrons. The van der Waals surface area contributed by atoms with Gasteiger partial charge in [0.2, 0.25) is 0 Å². The molecule has 2 nitrogen and oxygen atoms in total. The van der Waals surface area contributed by atoms with Crippen molar-refractivity contribution < 1.29 is 17.9 Å². The van der Waals surface area contributed by atoms with E-state index in [9.17, 15) is 13.2 Å². The Bertz CT molecular complexity index is 395. The fourth-order valence-electron chi connectivity index (χ4n) is 1.75. The zero-order chi connectivity index (χ0) is 13.8. The Morgan fingerprint density at radius 2 is 2.06 bits per heavy atom. The molecule has 1 N–H and O–H groups in total. The highest BCUT2D eigenvalue weighted by atomic mass is 79.9. The summed E-state index contributed by atoms with van der Waals surface area (Å²) in [5.41, 5.74) is 0.506. The Morgan fingerprint density at radius 1 is 1.39 bits per heavy atom. The van der Waals surface area contributed by atoms with E-state index in [0.717, 1.165) is 4.47 Å². The number of nitrogens with one attached hydrogen (secondary N) is 1. The third-order valence-electron chi connectivity index (χ3n) is 2.45. The Labute approximate surface area is 113 Å². The standard InChI is InChI=1S/C12H15BrF3NO/c1-3-17-10(7-12(14,15)16)9-6-8(13)4-5-11(9)18-2/h4-6,10,17H,3,7H2,1-2H3.